The van der Waals surface area contributed by atoms with E-state index in [1.165, 1.54) is 0 Å². The Morgan fingerprint density at radius 2 is 1.12 bits per heavy atom. The van der Waals surface area contributed by atoms with Crippen LogP contribution < -0.4 is 9.47 Å². The summed E-state index contributed by atoms with van der Waals surface area (Å²) in [6, 6.07) is 3.71. The van der Waals surface area contributed by atoms with Gasteiger partial charge in [-0.1, -0.05) is 0 Å². The van der Waals surface area contributed by atoms with E-state index in [0.29, 0.717) is 76.1 Å². The monoisotopic (exact) mass is 410 g/mol. The molecule has 0 N–H and O–H groups in total. The summed E-state index contributed by atoms with van der Waals surface area (Å²) in [4.78, 5) is 0. The van der Waals surface area contributed by atoms with Gasteiger partial charge in [0.25, 0.3) is 0 Å². The highest BCUT2D eigenvalue weighted by Gasteiger charge is 2.10. The van der Waals surface area contributed by atoms with Crippen molar-refractivity contribution in [3.05, 3.63) is 23.3 Å². The number of methoxy groups -OCH3 is 2. The molecule has 8 heteroatoms. The van der Waals surface area contributed by atoms with Crippen molar-refractivity contribution in [3.8, 4) is 11.5 Å². The highest BCUT2D eigenvalue weighted by Crippen LogP contribution is 2.31. The molecule has 0 saturated carbocycles. The average Bonchev–Trinajstić information content (AvgIpc) is 2.68. The number of alkyl halides is 2. The number of halogens is 2. The molecule has 26 heavy (non-hydrogen) atoms. The maximum atomic E-state index is 5.97. The van der Waals surface area contributed by atoms with Crippen molar-refractivity contribution in [2.24, 2.45) is 0 Å². The lowest BCUT2D eigenvalue weighted by Gasteiger charge is -2.14. The van der Waals surface area contributed by atoms with Crippen LogP contribution in [0.4, 0.5) is 0 Å². The minimum atomic E-state index is 0.329. The molecule has 150 valence electrons. The van der Waals surface area contributed by atoms with Crippen LogP contribution in [-0.2, 0) is 30.7 Å². The highest BCUT2D eigenvalue weighted by molar-refractivity contribution is 6.18. The van der Waals surface area contributed by atoms with Gasteiger partial charge >= 0.3 is 0 Å². The molecule has 0 radical (unpaired) electrons. The fourth-order valence-electron chi connectivity index (χ4n) is 2.07. The zero-order valence-electron chi connectivity index (χ0n) is 15.4. The summed E-state index contributed by atoms with van der Waals surface area (Å²) >= 11 is 11.9. The quantitative estimate of drug-likeness (QED) is 0.308. The Kier molecular flexibility index (Phi) is 13.7. The predicted octanol–water partition coefficient (Wildman–Crippen LogP) is 3.25. The summed E-state index contributed by atoms with van der Waals surface area (Å²) < 4.78 is 32.1. The normalized spacial score (nSPS) is 10.9. The first-order valence-corrected chi connectivity index (χ1v) is 9.50. The van der Waals surface area contributed by atoms with Gasteiger partial charge in [0, 0.05) is 18.2 Å². The third kappa shape index (κ3) is 9.26. The topological polar surface area (TPSA) is 55.4 Å². The molecule has 0 spiro atoms. The summed E-state index contributed by atoms with van der Waals surface area (Å²) in [5.74, 6) is 2.08. The predicted molar refractivity (Wildman–Crippen MR) is 102 cm³/mol. The summed E-state index contributed by atoms with van der Waals surface area (Å²) in [5, 5.41) is 0. The van der Waals surface area contributed by atoms with Crippen molar-refractivity contribution in [2.45, 2.75) is 11.8 Å². The van der Waals surface area contributed by atoms with Crippen LogP contribution in [0.5, 0.6) is 11.5 Å². The van der Waals surface area contributed by atoms with Crippen LogP contribution in [0.25, 0.3) is 0 Å². The fourth-order valence-corrected chi connectivity index (χ4v) is 2.49. The Hall–Kier alpha value is -0.760. The molecule has 0 amide bonds. The summed E-state index contributed by atoms with van der Waals surface area (Å²) in [6.07, 6.45) is 0. The summed E-state index contributed by atoms with van der Waals surface area (Å²) in [6.45, 7) is 4.14. The van der Waals surface area contributed by atoms with Crippen LogP contribution in [0.1, 0.15) is 11.1 Å². The molecule has 0 saturated heterocycles. The molecule has 0 aliphatic carbocycles. The van der Waals surface area contributed by atoms with Gasteiger partial charge in [-0.25, -0.2) is 0 Å². The van der Waals surface area contributed by atoms with E-state index in [-0.39, 0.29) is 0 Å². The molecule has 0 unspecified atom stereocenters. The molecule has 0 bridgehead atoms. The molecule has 0 atom stereocenters. The first-order valence-electron chi connectivity index (χ1n) is 8.43. The Bertz CT molecular complexity index is 487. The van der Waals surface area contributed by atoms with E-state index < -0.39 is 0 Å². The van der Waals surface area contributed by atoms with Crippen molar-refractivity contribution < 1.29 is 28.4 Å². The molecule has 6 nitrogen and oxygen atoms in total. The van der Waals surface area contributed by atoms with E-state index in [1.807, 2.05) is 12.1 Å². The minimum absolute atomic E-state index is 0.329. The van der Waals surface area contributed by atoms with Crippen LogP contribution >= 0.6 is 23.2 Å². The highest BCUT2D eigenvalue weighted by atomic mass is 35.5. The Morgan fingerprint density at radius 3 is 1.62 bits per heavy atom. The molecule has 0 aliphatic heterocycles. The van der Waals surface area contributed by atoms with E-state index >= 15 is 0 Å². The zero-order valence-corrected chi connectivity index (χ0v) is 16.9. The number of hydrogen-bond donors (Lipinski definition) is 0. The molecule has 0 fully saturated rings. The van der Waals surface area contributed by atoms with Crippen molar-refractivity contribution in [3.63, 3.8) is 0 Å². The van der Waals surface area contributed by atoms with E-state index in [1.54, 1.807) is 14.2 Å². The van der Waals surface area contributed by atoms with Crippen LogP contribution in [0, 0.1) is 0 Å². The first-order chi connectivity index (χ1) is 12.8. The molecular formula is C18H28Cl2O6. The fraction of sp³-hybridized carbons (Fsp3) is 0.667. The molecule has 1 aromatic rings. The largest absolute Gasteiger partial charge is 0.496 e. The van der Waals surface area contributed by atoms with E-state index in [0.717, 1.165) is 11.1 Å². The van der Waals surface area contributed by atoms with Crippen molar-refractivity contribution >= 4 is 23.2 Å². The van der Waals surface area contributed by atoms with Gasteiger partial charge in [0.05, 0.1) is 65.1 Å². The summed E-state index contributed by atoms with van der Waals surface area (Å²) in [7, 11) is 3.24. The van der Waals surface area contributed by atoms with E-state index in [9.17, 15) is 0 Å². The molecule has 1 aromatic carbocycles. The maximum Gasteiger partial charge on any atom is 0.124 e. The smallest absolute Gasteiger partial charge is 0.124 e. The standard InChI is InChI=1S/C18H28Cl2O6/c1-21-3-4-23-5-6-24-7-8-25-9-10-26-18-12-15(13-19)17(22-2)11-16(18)14-20/h11-12H,3-10,13-14H2,1-2H3. The lowest BCUT2D eigenvalue weighted by atomic mass is 10.1. The number of hydrogen-bond acceptors (Lipinski definition) is 6. The Morgan fingerprint density at radius 1 is 0.654 bits per heavy atom. The Labute approximate surface area is 165 Å². The van der Waals surface area contributed by atoms with Gasteiger partial charge < -0.3 is 28.4 Å². The second-order valence-electron chi connectivity index (χ2n) is 5.22. The second-order valence-corrected chi connectivity index (χ2v) is 5.75. The SMILES string of the molecule is COCCOCCOCCOCCOc1cc(CCl)c(OC)cc1CCl. The average molecular weight is 411 g/mol. The number of benzene rings is 1. The van der Waals surface area contributed by atoms with Gasteiger partial charge in [0.1, 0.15) is 18.1 Å². The molecule has 1 rings (SSSR count). The molecule has 0 aliphatic rings. The van der Waals surface area contributed by atoms with E-state index in [4.69, 9.17) is 51.6 Å². The van der Waals surface area contributed by atoms with Crippen LogP contribution in [0.15, 0.2) is 12.1 Å². The summed E-state index contributed by atoms with van der Waals surface area (Å²) in [5.41, 5.74) is 1.72. The van der Waals surface area contributed by atoms with Gasteiger partial charge in [-0.3, -0.25) is 0 Å². The van der Waals surface area contributed by atoms with Gasteiger partial charge in [-0.2, -0.15) is 0 Å². The van der Waals surface area contributed by atoms with Gasteiger partial charge in [0.15, 0.2) is 0 Å². The van der Waals surface area contributed by atoms with Gasteiger partial charge in [-0.15, -0.1) is 23.2 Å². The number of rotatable bonds is 16. The van der Waals surface area contributed by atoms with Crippen molar-refractivity contribution in [1.82, 2.24) is 0 Å². The second kappa shape index (κ2) is 15.3. The zero-order chi connectivity index (χ0) is 19.0. The Balaban J connectivity index is 2.16. The van der Waals surface area contributed by atoms with E-state index in [2.05, 4.69) is 0 Å². The van der Waals surface area contributed by atoms with Gasteiger partial charge in [-0.05, 0) is 12.1 Å². The maximum absolute atomic E-state index is 5.97. The van der Waals surface area contributed by atoms with Gasteiger partial charge in [0.2, 0.25) is 0 Å². The van der Waals surface area contributed by atoms with Crippen molar-refractivity contribution in [1.29, 1.82) is 0 Å². The molecule has 0 heterocycles. The minimum Gasteiger partial charge on any atom is -0.496 e. The van der Waals surface area contributed by atoms with Crippen molar-refractivity contribution in [2.75, 3.05) is 67.1 Å². The van der Waals surface area contributed by atoms with Crippen LogP contribution in [0.3, 0.4) is 0 Å². The third-order valence-corrected chi connectivity index (χ3v) is 3.99. The lowest BCUT2D eigenvalue weighted by molar-refractivity contribution is 0.000135. The van der Waals surface area contributed by atoms with Crippen LogP contribution in [0.2, 0.25) is 0 Å². The molecule has 0 aromatic heterocycles. The lowest BCUT2D eigenvalue weighted by Crippen LogP contribution is -2.14. The number of ether oxygens (including phenoxy) is 6. The van der Waals surface area contributed by atoms with Crippen LogP contribution in [-0.4, -0.2) is 67.1 Å². The third-order valence-electron chi connectivity index (χ3n) is 3.41. The molecular weight excluding hydrogens is 383 g/mol. The first kappa shape index (κ1) is 23.3.